The third-order valence-electron chi connectivity index (χ3n) is 5.56. The monoisotopic (exact) mass is 349 g/mol. The number of amides is 1. The molecule has 6 nitrogen and oxygen atoms in total. The molecule has 1 amide bonds. The van der Waals surface area contributed by atoms with Gasteiger partial charge in [0.1, 0.15) is 11.6 Å². The summed E-state index contributed by atoms with van der Waals surface area (Å²) in [7, 11) is 0. The molecule has 2 aliphatic rings. The van der Waals surface area contributed by atoms with Gasteiger partial charge in [-0.1, -0.05) is 12.1 Å². The first-order valence-corrected chi connectivity index (χ1v) is 9.43. The van der Waals surface area contributed by atoms with Crippen molar-refractivity contribution in [2.45, 2.75) is 51.0 Å². The molecule has 0 radical (unpaired) electrons. The van der Waals surface area contributed by atoms with Gasteiger partial charge >= 0.3 is 0 Å². The molecule has 0 unspecified atom stereocenters. The molecule has 0 atom stereocenters. The predicted octanol–water partition coefficient (Wildman–Crippen LogP) is 2.43. The molecule has 1 saturated heterocycles. The number of hydrogen-bond acceptors (Lipinski definition) is 4. The van der Waals surface area contributed by atoms with Gasteiger partial charge in [-0.3, -0.25) is 4.79 Å². The maximum absolute atomic E-state index is 12.5. The molecule has 0 aliphatic carbocycles. The molecule has 3 heterocycles. The Bertz CT molecular complexity index is 825. The molecule has 2 aromatic rings. The molecule has 0 bridgehead atoms. The summed E-state index contributed by atoms with van der Waals surface area (Å²) < 4.78 is 2.28. The van der Waals surface area contributed by atoms with E-state index in [9.17, 15) is 4.79 Å². The van der Waals surface area contributed by atoms with Crippen molar-refractivity contribution in [2.24, 2.45) is 0 Å². The number of fused-ring (bicyclic) bond motifs is 1. The second kappa shape index (κ2) is 7.28. The van der Waals surface area contributed by atoms with Crippen molar-refractivity contribution >= 4 is 5.91 Å². The van der Waals surface area contributed by atoms with Crippen LogP contribution in [0.2, 0.25) is 0 Å². The lowest BCUT2D eigenvalue weighted by Crippen LogP contribution is -2.38. The molecular weight excluding hydrogens is 326 g/mol. The number of hydrogen-bond donors (Lipinski definition) is 0. The highest BCUT2D eigenvalue weighted by Gasteiger charge is 2.29. The van der Waals surface area contributed by atoms with Gasteiger partial charge in [-0.2, -0.15) is 5.26 Å². The Morgan fingerprint density at radius 3 is 2.65 bits per heavy atom. The van der Waals surface area contributed by atoms with Crippen LogP contribution < -0.4 is 0 Å². The average molecular weight is 349 g/mol. The lowest BCUT2D eigenvalue weighted by atomic mass is 9.95. The zero-order chi connectivity index (χ0) is 17.9. The van der Waals surface area contributed by atoms with E-state index in [1.807, 2.05) is 29.2 Å². The Balaban J connectivity index is 1.28. The highest BCUT2D eigenvalue weighted by molar-refractivity contribution is 5.76. The number of aromatic nitrogens is 3. The molecule has 1 fully saturated rings. The minimum Gasteiger partial charge on any atom is -0.343 e. The minimum atomic E-state index is 0.222. The Morgan fingerprint density at radius 1 is 1.15 bits per heavy atom. The van der Waals surface area contributed by atoms with Crippen LogP contribution in [0.5, 0.6) is 0 Å². The first-order valence-electron chi connectivity index (χ1n) is 9.43. The Morgan fingerprint density at radius 2 is 1.92 bits per heavy atom. The smallest absolute Gasteiger partial charge is 0.222 e. The zero-order valence-corrected chi connectivity index (χ0v) is 14.9. The Kier molecular flexibility index (Phi) is 4.70. The third kappa shape index (κ3) is 3.34. The SMILES string of the molecule is N#Cc1ccc(CCC(=O)N2CCC(c3nnc4n3CCC4)CC2)cc1. The number of carbonyl (C=O) groups is 1. The van der Waals surface area contributed by atoms with Crippen molar-refractivity contribution in [3.63, 3.8) is 0 Å². The summed E-state index contributed by atoms with van der Waals surface area (Å²) in [6, 6.07) is 9.60. The van der Waals surface area contributed by atoms with Gasteiger partial charge in [-0.05, 0) is 43.4 Å². The summed E-state index contributed by atoms with van der Waals surface area (Å²) in [4.78, 5) is 14.5. The largest absolute Gasteiger partial charge is 0.343 e. The molecule has 134 valence electrons. The molecule has 2 aliphatic heterocycles. The van der Waals surface area contributed by atoms with Crippen LogP contribution in [0.3, 0.4) is 0 Å². The van der Waals surface area contributed by atoms with Crippen molar-refractivity contribution < 1.29 is 4.79 Å². The van der Waals surface area contributed by atoms with Crippen LogP contribution >= 0.6 is 0 Å². The fraction of sp³-hybridized carbons (Fsp3) is 0.500. The average Bonchev–Trinajstić information content (AvgIpc) is 3.30. The number of nitriles is 1. The number of aryl methyl sites for hydroxylation is 2. The highest BCUT2D eigenvalue weighted by Crippen LogP contribution is 2.29. The summed E-state index contributed by atoms with van der Waals surface area (Å²) in [5.74, 6) is 2.90. The quantitative estimate of drug-likeness (QED) is 0.850. The van der Waals surface area contributed by atoms with Crippen LogP contribution in [0.4, 0.5) is 0 Å². The Labute approximate surface area is 153 Å². The molecule has 0 N–H and O–H groups in total. The van der Waals surface area contributed by atoms with E-state index in [1.165, 1.54) is 6.42 Å². The molecule has 6 heteroatoms. The maximum Gasteiger partial charge on any atom is 0.222 e. The number of nitrogens with zero attached hydrogens (tertiary/aromatic N) is 5. The van der Waals surface area contributed by atoms with Crippen LogP contribution in [0, 0.1) is 11.3 Å². The Hall–Kier alpha value is -2.68. The summed E-state index contributed by atoms with van der Waals surface area (Å²) in [6.07, 6.45) is 5.41. The normalized spacial score (nSPS) is 17.1. The summed E-state index contributed by atoms with van der Waals surface area (Å²) in [6.45, 7) is 2.65. The summed E-state index contributed by atoms with van der Waals surface area (Å²) >= 11 is 0. The van der Waals surface area contributed by atoms with Gasteiger partial charge in [-0.15, -0.1) is 10.2 Å². The fourth-order valence-corrected chi connectivity index (χ4v) is 4.02. The van der Waals surface area contributed by atoms with Crippen LogP contribution in [0.25, 0.3) is 0 Å². The van der Waals surface area contributed by atoms with Crippen molar-refractivity contribution in [2.75, 3.05) is 13.1 Å². The second-order valence-electron chi connectivity index (χ2n) is 7.19. The van der Waals surface area contributed by atoms with Gasteiger partial charge in [0.2, 0.25) is 5.91 Å². The number of piperidine rings is 1. The number of likely N-dealkylation sites (tertiary alicyclic amines) is 1. The second-order valence-corrected chi connectivity index (χ2v) is 7.19. The van der Waals surface area contributed by atoms with Gasteiger partial charge in [-0.25, -0.2) is 0 Å². The van der Waals surface area contributed by atoms with Crippen LogP contribution in [0.1, 0.15) is 54.4 Å². The van der Waals surface area contributed by atoms with Gasteiger partial charge in [0.15, 0.2) is 0 Å². The number of carbonyl (C=O) groups excluding carboxylic acids is 1. The van der Waals surface area contributed by atoms with E-state index < -0.39 is 0 Å². The van der Waals surface area contributed by atoms with Crippen molar-refractivity contribution in [3.8, 4) is 6.07 Å². The van der Waals surface area contributed by atoms with E-state index in [0.717, 1.165) is 62.5 Å². The molecular formula is C20H23N5O. The molecule has 0 spiro atoms. The first kappa shape index (κ1) is 16.8. The van der Waals surface area contributed by atoms with Crippen LogP contribution in [-0.4, -0.2) is 38.7 Å². The lowest BCUT2D eigenvalue weighted by molar-refractivity contribution is -0.132. The van der Waals surface area contributed by atoms with Gasteiger partial charge in [0.25, 0.3) is 0 Å². The predicted molar refractivity (Wildman–Crippen MR) is 96.4 cm³/mol. The van der Waals surface area contributed by atoms with E-state index in [-0.39, 0.29) is 5.91 Å². The van der Waals surface area contributed by atoms with E-state index in [1.54, 1.807) is 0 Å². The van der Waals surface area contributed by atoms with E-state index >= 15 is 0 Å². The van der Waals surface area contributed by atoms with E-state index in [4.69, 9.17) is 5.26 Å². The molecule has 1 aromatic carbocycles. The maximum atomic E-state index is 12.5. The van der Waals surface area contributed by atoms with Crippen LogP contribution in [-0.2, 0) is 24.2 Å². The van der Waals surface area contributed by atoms with Gasteiger partial charge in [0, 0.05) is 38.4 Å². The third-order valence-corrected chi connectivity index (χ3v) is 5.56. The van der Waals surface area contributed by atoms with Gasteiger partial charge < -0.3 is 9.47 Å². The van der Waals surface area contributed by atoms with Gasteiger partial charge in [0.05, 0.1) is 11.6 Å². The van der Waals surface area contributed by atoms with Crippen molar-refractivity contribution in [3.05, 3.63) is 47.0 Å². The summed E-state index contributed by atoms with van der Waals surface area (Å²) in [5, 5.41) is 17.6. The lowest BCUT2D eigenvalue weighted by Gasteiger charge is -2.31. The molecule has 4 rings (SSSR count). The summed E-state index contributed by atoms with van der Waals surface area (Å²) in [5.41, 5.74) is 1.76. The minimum absolute atomic E-state index is 0.222. The van der Waals surface area contributed by atoms with Crippen molar-refractivity contribution in [1.29, 1.82) is 5.26 Å². The first-order chi connectivity index (χ1) is 12.7. The molecule has 1 aromatic heterocycles. The van der Waals surface area contributed by atoms with E-state index in [2.05, 4.69) is 20.8 Å². The number of benzene rings is 1. The van der Waals surface area contributed by atoms with Crippen molar-refractivity contribution in [1.82, 2.24) is 19.7 Å². The fourth-order valence-electron chi connectivity index (χ4n) is 4.02. The topological polar surface area (TPSA) is 74.8 Å². The zero-order valence-electron chi connectivity index (χ0n) is 14.9. The highest BCUT2D eigenvalue weighted by atomic mass is 16.2. The molecule has 26 heavy (non-hydrogen) atoms. The number of rotatable bonds is 4. The standard InChI is InChI=1S/C20H23N5O/c21-14-16-5-3-15(4-6-16)7-8-19(26)24-12-9-17(10-13-24)20-23-22-18-2-1-11-25(18)20/h3-6,17H,1-2,7-13H2. The molecule has 0 saturated carbocycles. The van der Waals surface area contributed by atoms with Crippen LogP contribution in [0.15, 0.2) is 24.3 Å². The van der Waals surface area contributed by atoms with E-state index in [0.29, 0.717) is 17.9 Å².